The summed E-state index contributed by atoms with van der Waals surface area (Å²) in [5, 5.41) is 4.80. The fourth-order valence-corrected chi connectivity index (χ4v) is 4.48. The quantitative estimate of drug-likeness (QED) is 0.350. The molecular formula is C26H23FN2OS. The monoisotopic (exact) mass is 430 g/mol. The van der Waals surface area contributed by atoms with E-state index in [9.17, 15) is 9.18 Å². The molecule has 0 aliphatic heterocycles. The Morgan fingerprint density at radius 2 is 1.48 bits per heavy atom. The first-order valence-electron chi connectivity index (χ1n) is 10.1. The molecule has 0 saturated heterocycles. The van der Waals surface area contributed by atoms with Gasteiger partial charge in [-0.05, 0) is 47.2 Å². The second kappa shape index (κ2) is 9.58. The fourth-order valence-electron chi connectivity index (χ4n) is 3.57. The Morgan fingerprint density at radius 1 is 0.903 bits per heavy atom. The third-order valence-corrected chi connectivity index (χ3v) is 6.21. The molecule has 3 aromatic carbocycles. The maximum atomic E-state index is 14.3. The van der Waals surface area contributed by atoms with Gasteiger partial charge in [-0.15, -0.1) is 11.3 Å². The van der Waals surface area contributed by atoms with Crippen LogP contribution in [-0.2, 0) is 6.54 Å². The standard InChI is InChI=1S/C26H23FN2OS/c1-19-16-17-31-24(19)18-29(26(30)28-23-15-9-8-14-22(23)27)25(20-10-4-2-5-11-20)21-12-6-3-7-13-21/h2-17,25H,18H2,1H3,(H,28,30). The number of anilines is 1. The zero-order valence-corrected chi connectivity index (χ0v) is 18.0. The normalized spacial score (nSPS) is 10.8. The van der Waals surface area contributed by atoms with Gasteiger partial charge in [0.2, 0.25) is 0 Å². The van der Waals surface area contributed by atoms with Crippen LogP contribution in [0, 0.1) is 12.7 Å². The third kappa shape index (κ3) is 4.84. The van der Waals surface area contributed by atoms with Crippen LogP contribution >= 0.6 is 11.3 Å². The molecular weight excluding hydrogens is 407 g/mol. The Bertz CT molecular complexity index is 1100. The van der Waals surface area contributed by atoms with Gasteiger partial charge in [0.1, 0.15) is 5.82 Å². The van der Waals surface area contributed by atoms with Gasteiger partial charge in [0.15, 0.2) is 0 Å². The summed E-state index contributed by atoms with van der Waals surface area (Å²) >= 11 is 1.62. The van der Waals surface area contributed by atoms with E-state index in [-0.39, 0.29) is 17.8 Å². The number of carbonyl (C=O) groups excluding carboxylic acids is 1. The van der Waals surface area contributed by atoms with Crippen molar-refractivity contribution in [2.75, 3.05) is 5.32 Å². The second-order valence-electron chi connectivity index (χ2n) is 7.29. The molecule has 0 atom stereocenters. The van der Waals surface area contributed by atoms with Crippen molar-refractivity contribution in [3.05, 3.63) is 124 Å². The SMILES string of the molecule is Cc1ccsc1CN(C(=O)Nc1ccccc1F)C(c1ccccc1)c1ccccc1. The molecule has 0 spiro atoms. The van der Waals surface area contributed by atoms with E-state index in [1.807, 2.05) is 79.0 Å². The minimum atomic E-state index is -0.459. The van der Waals surface area contributed by atoms with Gasteiger partial charge in [-0.3, -0.25) is 0 Å². The molecule has 4 rings (SSSR count). The number of nitrogens with zero attached hydrogens (tertiary/aromatic N) is 1. The van der Waals surface area contributed by atoms with Crippen LogP contribution in [0.1, 0.15) is 27.6 Å². The minimum Gasteiger partial charge on any atom is -0.308 e. The lowest BCUT2D eigenvalue weighted by Gasteiger charge is -2.33. The molecule has 0 fully saturated rings. The molecule has 4 aromatic rings. The van der Waals surface area contributed by atoms with Crippen LogP contribution in [-0.4, -0.2) is 10.9 Å². The molecule has 1 aromatic heterocycles. The van der Waals surface area contributed by atoms with Gasteiger partial charge in [-0.1, -0.05) is 72.8 Å². The Balaban J connectivity index is 1.78. The molecule has 3 nitrogen and oxygen atoms in total. The van der Waals surface area contributed by atoms with Crippen LogP contribution in [0.5, 0.6) is 0 Å². The van der Waals surface area contributed by atoms with Crippen molar-refractivity contribution in [1.82, 2.24) is 4.90 Å². The van der Waals surface area contributed by atoms with Crippen molar-refractivity contribution < 1.29 is 9.18 Å². The maximum absolute atomic E-state index is 14.3. The summed E-state index contributed by atoms with van der Waals surface area (Å²) in [4.78, 5) is 16.4. The van der Waals surface area contributed by atoms with Gasteiger partial charge in [-0.25, -0.2) is 9.18 Å². The van der Waals surface area contributed by atoms with Gasteiger partial charge in [0, 0.05) is 4.88 Å². The summed E-state index contributed by atoms with van der Waals surface area (Å²) in [5.41, 5.74) is 3.28. The topological polar surface area (TPSA) is 32.3 Å². The molecule has 2 amide bonds. The number of benzene rings is 3. The number of nitrogens with one attached hydrogen (secondary N) is 1. The van der Waals surface area contributed by atoms with Crippen LogP contribution in [0.25, 0.3) is 0 Å². The smallest absolute Gasteiger partial charge is 0.308 e. The molecule has 0 saturated carbocycles. The molecule has 1 heterocycles. The highest BCUT2D eigenvalue weighted by atomic mass is 32.1. The number of carbonyl (C=O) groups is 1. The lowest BCUT2D eigenvalue weighted by atomic mass is 9.97. The summed E-state index contributed by atoms with van der Waals surface area (Å²) in [6.45, 7) is 2.46. The molecule has 0 radical (unpaired) electrons. The van der Waals surface area contributed by atoms with E-state index in [0.29, 0.717) is 6.54 Å². The Hall–Kier alpha value is -3.44. The molecule has 0 bridgehead atoms. The molecule has 156 valence electrons. The van der Waals surface area contributed by atoms with Crippen LogP contribution < -0.4 is 5.32 Å². The van der Waals surface area contributed by atoms with Gasteiger partial charge >= 0.3 is 6.03 Å². The first-order chi connectivity index (χ1) is 15.1. The number of hydrogen-bond acceptors (Lipinski definition) is 2. The molecule has 1 N–H and O–H groups in total. The zero-order chi connectivity index (χ0) is 21.6. The largest absolute Gasteiger partial charge is 0.323 e. The molecule has 0 aliphatic rings. The molecule has 0 aliphatic carbocycles. The van der Waals surface area contributed by atoms with Crippen LogP contribution in [0.3, 0.4) is 0 Å². The average molecular weight is 431 g/mol. The average Bonchev–Trinajstić information content (AvgIpc) is 3.21. The fraction of sp³-hybridized carbons (Fsp3) is 0.115. The highest BCUT2D eigenvalue weighted by Gasteiger charge is 2.28. The summed E-state index contributed by atoms with van der Waals surface area (Å²) in [7, 11) is 0. The number of thiophene rings is 1. The van der Waals surface area contributed by atoms with Crippen molar-refractivity contribution in [2.45, 2.75) is 19.5 Å². The van der Waals surface area contributed by atoms with Gasteiger partial charge < -0.3 is 10.2 Å². The van der Waals surface area contributed by atoms with Crippen molar-refractivity contribution in [3.63, 3.8) is 0 Å². The van der Waals surface area contributed by atoms with Crippen molar-refractivity contribution in [2.24, 2.45) is 0 Å². The van der Waals surface area contributed by atoms with Gasteiger partial charge in [0.25, 0.3) is 0 Å². The van der Waals surface area contributed by atoms with E-state index in [1.54, 1.807) is 34.4 Å². The molecule has 5 heteroatoms. The Labute approximate surface area is 185 Å². The summed E-state index contributed by atoms with van der Waals surface area (Å²) in [6.07, 6.45) is 0. The number of urea groups is 1. The van der Waals surface area contributed by atoms with Crippen molar-refractivity contribution in [3.8, 4) is 0 Å². The minimum absolute atomic E-state index is 0.167. The van der Waals surface area contributed by atoms with Crippen molar-refractivity contribution >= 4 is 23.1 Å². The summed E-state index contributed by atoms with van der Waals surface area (Å²) in [5.74, 6) is -0.459. The first kappa shape index (κ1) is 20.8. The summed E-state index contributed by atoms with van der Waals surface area (Å²) < 4.78 is 14.3. The van der Waals surface area contributed by atoms with E-state index in [4.69, 9.17) is 0 Å². The number of para-hydroxylation sites is 1. The molecule has 0 unspecified atom stereocenters. The number of aryl methyl sites for hydroxylation is 1. The van der Waals surface area contributed by atoms with Gasteiger partial charge in [0.05, 0.1) is 18.3 Å². The highest BCUT2D eigenvalue weighted by molar-refractivity contribution is 7.10. The van der Waals surface area contributed by atoms with E-state index in [1.165, 1.54) is 6.07 Å². The van der Waals surface area contributed by atoms with Crippen LogP contribution in [0.15, 0.2) is 96.4 Å². The number of amides is 2. The Kier molecular flexibility index (Phi) is 6.43. The number of rotatable bonds is 6. The number of halogens is 1. The van der Waals surface area contributed by atoms with E-state index >= 15 is 0 Å². The van der Waals surface area contributed by atoms with E-state index < -0.39 is 5.82 Å². The van der Waals surface area contributed by atoms with Crippen LogP contribution in [0.2, 0.25) is 0 Å². The zero-order valence-electron chi connectivity index (χ0n) is 17.2. The van der Waals surface area contributed by atoms with Crippen molar-refractivity contribution in [1.29, 1.82) is 0 Å². The van der Waals surface area contributed by atoms with Gasteiger partial charge in [-0.2, -0.15) is 0 Å². The lowest BCUT2D eigenvalue weighted by Crippen LogP contribution is -2.38. The first-order valence-corrected chi connectivity index (χ1v) is 11.0. The third-order valence-electron chi connectivity index (χ3n) is 5.20. The predicted molar refractivity (Wildman–Crippen MR) is 125 cm³/mol. The molecule has 31 heavy (non-hydrogen) atoms. The predicted octanol–water partition coefficient (Wildman–Crippen LogP) is 7.02. The van der Waals surface area contributed by atoms with E-state index in [2.05, 4.69) is 5.32 Å². The number of hydrogen-bond donors (Lipinski definition) is 1. The second-order valence-corrected chi connectivity index (χ2v) is 8.29. The Morgan fingerprint density at radius 3 is 2.03 bits per heavy atom. The lowest BCUT2D eigenvalue weighted by molar-refractivity contribution is 0.195. The highest BCUT2D eigenvalue weighted by Crippen LogP contribution is 2.32. The van der Waals surface area contributed by atoms with E-state index in [0.717, 1.165) is 21.6 Å². The van der Waals surface area contributed by atoms with Crippen LogP contribution in [0.4, 0.5) is 14.9 Å². The maximum Gasteiger partial charge on any atom is 0.323 e. The summed E-state index contributed by atoms with van der Waals surface area (Å²) in [6, 6.07) is 27.4.